The SMILES string of the molecule is CCSC1CCCC1Nc1ccc(OC)cc1N. The molecule has 3 nitrogen and oxygen atoms in total. The number of thioether (sulfide) groups is 1. The Bertz CT molecular complexity index is 397. The molecule has 0 amide bonds. The number of nitrogens with one attached hydrogen (secondary N) is 1. The molecule has 1 fully saturated rings. The summed E-state index contributed by atoms with van der Waals surface area (Å²) in [6, 6.07) is 6.39. The number of nitrogen functional groups attached to an aromatic ring is 1. The zero-order chi connectivity index (χ0) is 13.0. The lowest BCUT2D eigenvalue weighted by molar-refractivity contribution is 0.415. The van der Waals surface area contributed by atoms with Crippen LogP contribution in [-0.2, 0) is 0 Å². The van der Waals surface area contributed by atoms with E-state index in [-0.39, 0.29) is 0 Å². The number of nitrogens with two attached hydrogens (primary N) is 1. The summed E-state index contributed by atoms with van der Waals surface area (Å²) in [7, 11) is 1.66. The van der Waals surface area contributed by atoms with Gasteiger partial charge in [0, 0.05) is 17.4 Å². The maximum Gasteiger partial charge on any atom is 0.121 e. The highest BCUT2D eigenvalue weighted by Crippen LogP contribution is 2.34. The standard InChI is InChI=1S/C14H22N2OS/c1-3-18-14-6-4-5-13(14)16-12-8-7-10(17-2)9-11(12)15/h7-9,13-14,16H,3-6,15H2,1-2H3. The molecule has 2 rings (SSSR count). The van der Waals surface area contributed by atoms with Crippen molar-refractivity contribution in [3.8, 4) is 5.75 Å². The van der Waals surface area contributed by atoms with E-state index in [1.54, 1.807) is 7.11 Å². The van der Waals surface area contributed by atoms with Crippen LogP contribution in [0.5, 0.6) is 5.75 Å². The quantitative estimate of drug-likeness (QED) is 0.802. The Morgan fingerprint density at radius 1 is 1.44 bits per heavy atom. The van der Waals surface area contributed by atoms with Crippen LogP contribution in [0.1, 0.15) is 26.2 Å². The molecule has 0 bridgehead atoms. The summed E-state index contributed by atoms with van der Waals surface area (Å²) in [6.07, 6.45) is 3.86. The zero-order valence-electron chi connectivity index (χ0n) is 11.1. The van der Waals surface area contributed by atoms with E-state index in [4.69, 9.17) is 10.5 Å². The smallest absolute Gasteiger partial charge is 0.121 e. The van der Waals surface area contributed by atoms with Gasteiger partial charge in [-0.3, -0.25) is 0 Å². The van der Waals surface area contributed by atoms with E-state index in [1.807, 2.05) is 18.2 Å². The fourth-order valence-corrected chi connectivity index (χ4v) is 3.70. The van der Waals surface area contributed by atoms with Crippen molar-refractivity contribution in [2.75, 3.05) is 23.9 Å². The van der Waals surface area contributed by atoms with Gasteiger partial charge in [0.25, 0.3) is 0 Å². The molecule has 0 aliphatic heterocycles. The molecule has 0 aromatic heterocycles. The van der Waals surface area contributed by atoms with Crippen molar-refractivity contribution in [2.45, 2.75) is 37.5 Å². The summed E-state index contributed by atoms with van der Waals surface area (Å²) in [5.74, 6) is 1.99. The molecule has 2 unspecified atom stereocenters. The fraction of sp³-hybridized carbons (Fsp3) is 0.571. The minimum absolute atomic E-state index is 0.547. The van der Waals surface area contributed by atoms with Crippen molar-refractivity contribution < 1.29 is 4.74 Å². The van der Waals surface area contributed by atoms with Crippen molar-refractivity contribution in [3.63, 3.8) is 0 Å². The van der Waals surface area contributed by atoms with E-state index in [1.165, 1.54) is 25.0 Å². The van der Waals surface area contributed by atoms with Crippen LogP contribution in [0.15, 0.2) is 18.2 Å². The Morgan fingerprint density at radius 2 is 2.28 bits per heavy atom. The zero-order valence-corrected chi connectivity index (χ0v) is 11.9. The van der Waals surface area contributed by atoms with Crippen molar-refractivity contribution >= 4 is 23.1 Å². The Balaban J connectivity index is 2.04. The largest absolute Gasteiger partial charge is 0.497 e. The highest BCUT2D eigenvalue weighted by molar-refractivity contribution is 7.99. The number of anilines is 2. The van der Waals surface area contributed by atoms with E-state index in [2.05, 4.69) is 24.0 Å². The average Bonchev–Trinajstić information content (AvgIpc) is 2.80. The van der Waals surface area contributed by atoms with Crippen molar-refractivity contribution in [3.05, 3.63) is 18.2 Å². The van der Waals surface area contributed by atoms with Crippen LogP contribution in [0, 0.1) is 0 Å². The maximum absolute atomic E-state index is 6.05. The summed E-state index contributed by atoms with van der Waals surface area (Å²) < 4.78 is 5.17. The highest BCUT2D eigenvalue weighted by atomic mass is 32.2. The number of hydrogen-bond donors (Lipinski definition) is 2. The molecule has 4 heteroatoms. The van der Waals surface area contributed by atoms with Gasteiger partial charge in [-0.05, 0) is 30.7 Å². The summed E-state index contributed by atoms with van der Waals surface area (Å²) >= 11 is 2.05. The van der Waals surface area contributed by atoms with E-state index in [9.17, 15) is 0 Å². The van der Waals surface area contributed by atoms with Gasteiger partial charge in [0.1, 0.15) is 5.75 Å². The monoisotopic (exact) mass is 266 g/mol. The summed E-state index contributed by atoms with van der Waals surface area (Å²) in [6.45, 7) is 2.22. The van der Waals surface area contributed by atoms with Gasteiger partial charge >= 0.3 is 0 Å². The van der Waals surface area contributed by atoms with Crippen molar-refractivity contribution in [2.24, 2.45) is 0 Å². The Labute approximate surface area is 113 Å². The Hall–Kier alpha value is -1.03. The summed E-state index contributed by atoms with van der Waals surface area (Å²) in [5.41, 5.74) is 7.84. The average molecular weight is 266 g/mol. The van der Waals surface area contributed by atoms with Gasteiger partial charge in [0.15, 0.2) is 0 Å². The van der Waals surface area contributed by atoms with Crippen LogP contribution in [0.2, 0.25) is 0 Å². The lowest BCUT2D eigenvalue weighted by Gasteiger charge is -2.22. The second kappa shape index (κ2) is 6.23. The van der Waals surface area contributed by atoms with Gasteiger partial charge in [0.05, 0.1) is 18.5 Å². The first-order chi connectivity index (χ1) is 8.74. The number of hydrogen-bond acceptors (Lipinski definition) is 4. The first-order valence-corrected chi connectivity index (χ1v) is 7.61. The molecule has 0 saturated heterocycles. The van der Waals surface area contributed by atoms with Gasteiger partial charge in [0.2, 0.25) is 0 Å². The lowest BCUT2D eigenvalue weighted by Crippen LogP contribution is -2.26. The molecule has 1 aromatic rings. The Kier molecular flexibility index (Phi) is 4.64. The molecule has 1 aliphatic carbocycles. The molecule has 1 saturated carbocycles. The van der Waals surface area contributed by atoms with Crippen LogP contribution in [0.25, 0.3) is 0 Å². The van der Waals surface area contributed by atoms with E-state index < -0.39 is 0 Å². The van der Waals surface area contributed by atoms with Gasteiger partial charge in [-0.15, -0.1) is 0 Å². The second-order valence-electron chi connectivity index (χ2n) is 4.63. The van der Waals surface area contributed by atoms with E-state index in [0.717, 1.165) is 22.4 Å². The topological polar surface area (TPSA) is 47.3 Å². The Morgan fingerprint density at radius 3 is 2.94 bits per heavy atom. The van der Waals surface area contributed by atoms with Gasteiger partial charge in [-0.1, -0.05) is 13.3 Å². The van der Waals surface area contributed by atoms with E-state index >= 15 is 0 Å². The summed E-state index contributed by atoms with van der Waals surface area (Å²) in [5, 5.41) is 4.31. The maximum atomic E-state index is 6.05. The third kappa shape index (κ3) is 3.05. The number of benzene rings is 1. The third-order valence-electron chi connectivity index (χ3n) is 3.43. The van der Waals surface area contributed by atoms with Crippen LogP contribution in [-0.4, -0.2) is 24.2 Å². The van der Waals surface area contributed by atoms with Gasteiger partial charge in [-0.25, -0.2) is 0 Å². The van der Waals surface area contributed by atoms with Gasteiger partial charge < -0.3 is 15.8 Å². The number of ether oxygens (including phenoxy) is 1. The molecule has 0 radical (unpaired) electrons. The number of rotatable bonds is 5. The minimum atomic E-state index is 0.547. The predicted molar refractivity (Wildman–Crippen MR) is 80.6 cm³/mol. The van der Waals surface area contributed by atoms with Crippen LogP contribution in [0.4, 0.5) is 11.4 Å². The van der Waals surface area contributed by atoms with Crippen LogP contribution in [0.3, 0.4) is 0 Å². The third-order valence-corrected chi connectivity index (χ3v) is 4.76. The first kappa shape index (κ1) is 13.4. The normalized spacial score (nSPS) is 23.0. The molecule has 18 heavy (non-hydrogen) atoms. The van der Waals surface area contributed by atoms with Crippen molar-refractivity contribution in [1.29, 1.82) is 0 Å². The molecular weight excluding hydrogens is 244 g/mol. The molecular formula is C14H22N2OS. The highest BCUT2D eigenvalue weighted by Gasteiger charge is 2.27. The molecule has 3 N–H and O–H groups in total. The molecule has 0 heterocycles. The minimum Gasteiger partial charge on any atom is -0.497 e. The fourth-order valence-electron chi connectivity index (χ4n) is 2.50. The molecule has 1 aliphatic rings. The van der Waals surface area contributed by atoms with E-state index in [0.29, 0.717) is 6.04 Å². The van der Waals surface area contributed by atoms with Gasteiger partial charge in [-0.2, -0.15) is 11.8 Å². The second-order valence-corrected chi connectivity index (χ2v) is 6.14. The molecule has 100 valence electrons. The number of methoxy groups -OCH3 is 1. The van der Waals surface area contributed by atoms with Crippen molar-refractivity contribution in [1.82, 2.24) is 0 Å². The lowest BCUT2D eigenvalue weighted by atomic mass is 10.2. The molecule has 2 atom stereocenters. The first-order valence-electron chi connectivity index (χ1n) is 6.56. The summed E-state index contributed by atoms with van der Waals surface area (Å²) in [4.78, 5) is 0. The molecule has 0 spiro atoms. The molecule has 1 aromatic carbocycles. The van der Waals surface area contributed by atoms with Crippen LogP contribution < -0.4 is 15.8 Å². The predicted octanol–water partition coefficient (Wildman–Crippen LogP) is 3.36. The van der Waals surface area contributed by atoms with Crippen LogP contribution >= 0.6 is 11.8 Å².